The van der Waals surface area contributed by atoms with Gasteiger partial charge in [-0.3, -0.25) is 4.79 Å². The van der Waals surface area contributed by atoms with Crippen molar-refractivity contribution in [1.29, 1.82) is 0 Å². The summed E-state index contributed by atoms with van der Waals surface area (Å²) in [4.78, 5) is 29.3. The largest absolute Gasteiger partial charge is 0.342 e. The van der Waals surface area contributed by atoms with E-state index in [1.807, 2.05) is 30.9 Å². The van der Waals surface area contributed by atoms with Gasteiger partial charge in [0.2, 0.25) is 5.91 Å². The molecular weight excluding hydrogens is 338 g/mol. The molecule has 146 valence electrons. The first-order valence-electron chi connectivity index (χ1n) is 10.3. The van der Waals surface area contributed by atoms with Gasteiger partial charge >= 0.3 is 6.03 Å². The van der Waals surface area contributed by atoms with E-state index in [9.17, 15) is 9.59 Å². The number of aryl methyl sites for hydroxylation is 2. The van der Waals surface area contributed by atoms with Crippen molar-refractivity contribution >= 4 is 17.6 Å². The molecule has 0 aromatic heterocycles. The third-order valence-electron chi connectivity index (χ3n) is 6.35. The van der Waals surface area contributed by atoms with E-state index >= 15 is 0 Å². The zero-order chi connectivity index (χ0) is 19.0. The van der Waals surface area contributed by atoms with Crippen molar-refractivity contribution in [2.45, 2.75) is 52.4 Å². The summed E-state index contributed by atoms with van der Waals surface area (Å²) in [6, 6.07) is 6.13. The molecule has 2 saturated heterocycles. The maximum atomic E-state index is 12.9. The molecule has 0 unspecified atom stereocenters. The summed E-state index contributed by atoms with van der Waals surface area (Å²) in [6.07, 6.45) is 6.22. The first-order chi connectivity index (χ1) is 12.9. The number of nitrogens with zero attached hydrogens (tertiary/aromatic N) is 2. The molecule has 3 fully saturated rings. The zero-order valence-electron chi connectivity index (χ0n) is 16.6. The van der Waals surface area contributed by atoms with Gasteiger partial charge in [-0.1, -0.05) is 6.07 Å². The van der Waals surface area contributed by atoms with Gasteiger partial charge in [0.15, 0.2) is 0 Å². The molecule has 1 atom stereocenters. The van der Waals surface area contributed by atoms with Gasteiger partial charge in [0, 0.05) is 43.7 Å². The Labute approximate surface area is 162 Å². The van der Waals surface area contributed by atoms with Crippen LogP contribution in [0.1, 0.15) is 49.7 Å². The van der Waals surface area contributed by atoms with Crippen molar-refractivity contribution < 1.29 is 9.59 Å². The van der Waals surface area contributed by atoms with E-state index in [1.54, 1.807) is 0 Å². The summed E-state index contributed by atoms with van der Waals surface area (Å²) in [7, 11) is 0. The van der Waals surface area contributed by atoms with Crippen molar-refractivity contribution in [3.8, 4) is 0 Å². The smallest absolute Gasteiger partial charge is 0.321 e. The molecule has 0 radical (unpaired) electrons. The van der Waals surface area contributed by atoms with Crippen molar-refractivity contribution in [1.82, 2.24) is 9.80 Å². The fourth-order valence-electron chi connectivity index (χ4n) is 4.84. The molecular formula is C22H31N3O2. The molecule has 5 heteroatoms. The first-order valence-corrected chi connectivity index (χ1v) is 10.3. The van der Waals surface area contributed by atoms with Crippen molar-refractivity contribution in [3.63, 3.8) is 0 Å². The van der Waals surface area contributed by atoms with E-state index in [4.69, 9.17) is 0 Å². The van der Waals surface area contributed by atoms with Gasteiger partial charge in [-0.15, -0.1) is 0 Å². The summed E-state index contributed by atoms with van der Waals surface area (Å²) in [5, 5.41) is 3.08. The van der Waals surface area contributed by atoms with E-state index in [0.717, 1.165) is 68.2 Å². The van der Waals surface area contributed by atoms with Crippen LogP contribution in [-0.2, 0) is 4.79 Å². The number of carbonyl (C=O) groups is 2. The minimum Gasteiger partial charge on any atom is -0.342 e. The number of carbonyl (C=O) groups excluding carboxylic acids is 2. The van der Waals surface area contributed by atoms with Crippen LogP contribution < -0.4 is 5.32 Å². The summed E-state index contributed by atoms with van der Waals surface area (Å²) in [6.45, 7) is 7.41. The van der Waals surface area contributed by atoms with Crippen LogP contribution in [0.4, 0.5) is 10.5 Å². The monoisotopic (exact) mass is 369 g/mol. The number of benzene rings is 1. The number of urea groups is 1. The van der Waals surface area contributed by atoms with Gasteiger partial charge in [-0.05, 0) is 75.1 Å². The Morgan fingerprint density at radius 3 is 2.59 bits per heavy atom. The minimum atomic E-state index is -0.00952. The number of piperidine rings is 2. The number of amides is 3. The van der Waals surface area contributed by atoms with Crippen molar-refractivity contribution in [3.05, 3.63) is 29.3 Å². The second-order valence-corrected chi connectivity index (χ2v) is 9.05. The molecule has 1 N–H and O–H groups in total. The van der Waals surface area contributed by atoms with Crippen LogP contribution in [0.5, 0.6) is 0 Å². The van der Waals surface area contributed by atoms with Crippen LogP contribution in [0, 0.1) is 25.2 Å². The normalized spacial score (nSPS) is 25.8. The number of hydrogen-bond acceptors (Lipinski definition) is 2. The molecule has 1 saturated carbocycles. The molecule has 27 heavy (non-hydrogen) atoms. The second kappa shape index (κ2) is 7.17. The number of nitrogens with one attached hydrogen (secondary N) is 1. The molecule has 3 aliphatic rings. The first kappa shape index (κ1) is 18.3. The highest BCUT2D eigenvalue weighted by Gasteiger charge is 2.43. The van der Waals surface area contributed by atoms with E-state index in [2.05, 4.69) is 16.3 Å². The SMILES string of the molecule is Cc1cc(C)cc(NC(=O)N2CCC[C@@]3(CCC(=O)N(CC4CC4)C3)C2)c1. The van der Waals surface area contributed by atoms with E-state index in [-0.39, 0.29) is 11.4 Å². The van der Waals surface area contributed by atoms with Gasteiger partial charge in [0.05, 0.1) is 0 Å². The van der Waals surface area contributed by atoms with Crippen LogP contribution in [-0.4, -0.2) is 47.9 Å². The van der Waals surface area contributed by atoms with Crippen LogP contribution in [0.3, 0.4) is 0 Å². The molecule has 0 bridgehead atoms. The lowest BCUT2D eigenvalue weighted by Crippen LogP contribution is -2.56. The summed E-state index contributed by atoms with van der Waals surface area (Å²) in [5.74, 6) is 1.03. The number of rotatable bonds is 3. The Bertz CT molecular complexity index is 723. The Kier molecular flexibility index (Phi) is 4.87. The molecule has 4 rings (SSSR count). The second-order valence-electron chi connectivity index (χ2n) is 9.05. The van der Waals surface area contributed by atoms with Crippen LogP contribution in [0.25, 0.3) is 0 Å². The standard InChI is InChI=1S/C22H31N3O2/c1-16-10-17(2)12-19(11-16)23-21(27)24-9-3-7-22(14-24)8-6-20(26)25(15-22)13-18-4-5-18/h10-12,18H,3-9,13-15H2,1-2H3,(H,23,27)/t22-/m1/s1. The topological polar surface area (TPSA) is 52.7 Å². The lowest BCUT2D eigenvalue weighted by atomic mass is 9.73. The fraction of sp³-hybridized carbons (Fsp3) is 0.636. The van der Waals surface area contributed by atoms with E-state index < -0.39 is 0 Å². The summed E-state index contributed by atoms with van der Waals surface area (Å²) >= 11 is 0. The van der Waals surface area contributed by atoms with E-state index in [1.165, 1.54) is 12.8 Å². The maximum Gasteiger partial charge on any atom is 0.321 e. The third-order valence-corrected chi connectivity index (χ3v) is 6.35. The average Bonchev–Trinajstić information content (AvgIpc) is 3.42. The van der Waals surface area contributed by atoms with Crippen molar-refractivity contribution in [2.24, 2.45) is 11.3 Å². The van der Waals surface area contributed by atoms with Gasteiger partial charge in [0.1, 0.15) is 0 Å². The Hall–Kier alpha value is -2.04. The predicted octanol–water partition coefficient (Wildman–Crippen LogP) is 3.95. The molecule has 5 nitrogen and oxygen atoms in total. The van der Waals surface area contributed by atoms with Crippen LogP contribution >= 0.6 is 0 Å². The highest BCUT2D eigenvalue weighted by atomic mass is 16.2. The van der Waals surface area contributed by atoms with Crippen molar-refractivity contribution in [2.75, 3.05) is 31.5 Å². The summed E-state index contributed by atoms with van der Waals surface area (Å²) < 4.78 is 0. The minimum absolute atomic E-state index is 0.00952. The molecule has 1 spiro atoms. The van der Waals surface area contributed by atoms with Gasteiger partial charge in [0.25, 0.3) is 0 Å². The Morgan fingerprint density at radius 1 is 1.15 bits per heavy atom. The zero-order valence-corrected chi connectivity index (χ0v) is 16.6. The highest BCUT2D eigenvalue weighted by molar-refractivity contribution is 5.89. The predicted molar refractivity (Wildman–Crippen MR) is 107 cm³/mol. The van der Waals surface area contributed by atoms with Crippen LogP contribution in [0.2, 0.25) is 0 Å². The fourth-order valence-corrected chi connectivity index (χ4v) is 4.84. The third kappa shape index (κ3) is 4.28. The van der Waals surface area contributed by atoms with E-state index in [0.29, 0.717) is 12.3 Å². The molecule has 3 amide bonds. The molecule has 1 aliphatic carbocycles. The Balaban J connectivity index is 1.42. The van der Waals surface area contributed by atoms with Gasteiger partial charge in [-0.25, -0.2) is 4.79 Å². The maximum absolute atomic E-state index is 12.9. The van der Waals surface area contributed by atoms with Gasteiger partial charge < -0.3 is 15.1 Å². The van der Waals surface area contributed by atoms with Crippen LogP contribution in [0.15, 0.2) is 18.2 Å². The molecule has 2 aliphatic heterocycles. The lowest BCUT2D eigenvalue weighted by Gasteiger charge is -2.48. The Morgan fingerprint density at radius 2 is 1.89 bits per heavy atom. The molecule has 1 aromatic rings. The number of anilines is 1. The summed E-state index contributed by atoms with van der Waals surface area (Å²) in [5.41, 5.74) is 3.26. The lowest BCUT2D eigenvalue weighted by molar-refractivity contribution is -0.139. The number of hydrogen-bond donors (Lipinski definition) is 1. The number of likely N-dealkylation sites (tertiary alicyclic amines) is 2. The molecule has 1 aromatic carbocycles. The highest BCUT2D eigenvalue weighted by Crippen LogP contribution is 2.40. The molecule has 2 heterocycles. The van der Waals surface area contributed by atoms with Gasteiger partial charge in [-0.2, -0.15) is 0 Å². The quantitative estimate of drug-likeness (QED) is 0.877. The average molecular weight is 370 g/mol.